The lowest BCUT2D eigenvalue weighted by molar-refractivity contribution is 0.174. The lowest BCUT2D eigenvalue weighted by Crippen LogP contribution is -2.20. The Morgan fingerprint density at radius 1 is 1.25 bits per heavy atom. The zero-order chi connectivity index (χ0) is 14.6. The number of aliphatic hydroxyl groups is 1. The second-order valence-corrected chi connectivity index (χ2v) is 7.62. The van der Waals surface area contributed by atoms with Crippen LogP contribution in [0.2, 0.25) is 0 Å². The molecule has 1 aromatic carbocycles. The van der Waals surface area contributed by atoms with Crippen LogP contribution in [-0.2, 0) is 16.4 Å². The Hall–Kier alpha value is -1.21. The molecule has 2 rings (SSSR count). The molecule has 2 N–H and O–H groups in total. The minimum atomic E-state index is -3.19. The summed E-state index contributed by atoms with van der Waals surface area (Å²) in [7, 11) is -3.19. The topological polar surface area (TPSA) is 66.4 Å². The van der Waals surface area contributed by atoms with E-state index >= 15 is 0 Å². The van der Waals surface area contributed by atoms with Crippen molar-refractivity contribution in [2.24, 2.45) is 0 Å². The Morgan fingerprint density at radius 3 is 2.50 bits per heavy atom. The van der Waals surface area contributed by atoms with Gasteiger partial charge in [0.05, 0.1) is 11.0 Å². The summed E-state index contributed by atoms with van der Waals surface area (Å²) in [6, 6.07) is 10.4. The number of benzene rings is 1. The predicted octanol–water partition coefficient (Wildman–Crippen LogP) is 1.97. The maximum atomic E-state index is 11.3. The van der Waals surface area contributed by atoms with Crippen LogP contribution >= 0.6 is 11.3 Å². The lowest BCUT2D eigenvalue weighted by atomic mass is 10.1. The number of aliphatic hydroxyl groups excluding tert-OH is 1. The first-order valence-electron chi connectivity index (χ1n) is 6.18. The number of rotatable bonds is 6. The highest BCUT2D eigenvalue weighted by Gasteiger charge is 2.10. The quantitative estimate of drug-likeness (QED) is 0.856. The molecule has 6 heteroatoms. The van der Waals surface area contributed by atoms with E-state index in [-0.39, 0.29) is 4.90 Å². The van der Waals surface area contributed by atoms with Gasteiger partial charge in [-0.25, -0.2) is 8.42 Å². The van der Waals surface area contributed by atoms with Gasteiger partial charge in [-0.15, -0.1) is 11.3 Å². The van der Waals surface area contributed by atoms with Gasteiger partial charge in [-0.05, 0) is 29.1 Å². The zero-order valence-corrected chi connectivity index (χ0v) is 12.7. The fourth-order valence-electron chi connectivity index (χ4n) is 1.80. The third kappa shape index (κ3) is 4.14. The summed E-state index contributed by atoms with van der Waals surface area (Å²) in [5.41, 5.74) is 0.705. The summed E-state index contributed by atoms with van der Waals surface area (Å²) in [5, 5.41) is 15.2. The normalized spacial score (nSPS) is 13.3. The van der Waals surface area contributed by atoms with Crippen molar-refractivity contribution in [2.75, 3.05) is 12.8 Å². The van der Waals surface area contributed by atoms with Gasteiger partial charge in [0, 0.05) is 24.2 Å². The van der Waals surface area contributed by atoms with Crippen LogP contribution in [0.5, 0.6) is 0 Å². The molecule has 1 unspecified atom stereocenters. The van der Waals surface area contributed by atoms with Crippen molar-refractivity contribution < 1.29 is 13.5 Å². The number of thiophene rings is 1. The van der Waals surface area contributed by atoms with Crippen molar-refractivity contribution in [1.29, 1.82) is 0 Å². The van der Waals surface area contributed by atoms with Crippen molar-refractivity contribution in [3.63, 3.8) is 0 Å². The minimum Gasteiger partial charge on any atom is -0.387 e. The summed E-state index contributed by atoms with van der Waals surface area (Å²) >= 11 is 1.66. The zero-order valence-electron chi connectivity index (χ0n) is 11.1. The van der Waals surface area contributed by atoms with Gasteiger partial charge in [-0.2, -0.15) is 0 Å². The van der Waals surface area contributed by atoms with Gasteiger partial charge in [0.15, 0.2) is 9.84 Å². The van der Waals surface area contributed by atoms with Crippen molar-refractivity contribution >= 4 is 21.2 Å². The van der Waals surface area contributed by atoms with Crippen LogP contribution in [0.25, 0.3) is 0 Å². The Morgan fingerprint density at radius 2 is 1.95 bits per heavy atom. The monoisotopic (exact) mass is 311 g/mol. The van der Waals surface area contributed by atoms with Gasteiger partial charge < -0.3 is 10.4 Å². The molecular weight excluding hydrogens is 294 g/mol. The van der Waals surface area contributed by atoms with Gasteiger partial charge >= 0.3 is 0 Å². The van der Waals surface area contributed by atoms with E-state index in [2.05, 4.69) is 5.32 Å². The van der Waals surface area contributed by atoms with Crippen LogP contribution in [0.15, 0.2) is 46.7 Å². The molecule has 1 heterocycles. The fourth-order valence-corrected chi connectivity index (χ4v) is 3.11. The number of hydrogen-bond acceptors (Lipinski definition) is 5. The van der Waals surface area contributed by atoms with E-state index < -0.39 is 15.9 Å². The number of nitrogens with one attached hydrogen (secondary N) is 1. The van der Waals surface area contributed by atoms with E-state index in [1.807, 2.05) is 17.5 Å². The molecule has 0 aliphatic heterocycles. The SMILES string of the molecule is CS(=O)(=O)c1ccc(C(O)CNCc2cccs2)cc1. The highest BCUT2D eigenvalue weighted by Crippen LogP contribution is 2.16. The van der Waals surface area contributed by atoms with Crippen molar-refractivity contribution in [1.82, 2.24) is 5.32 Å². The first kappa shape index (κ1) is 15.2. The molecular formula is C14H17NO3S2. The molecule has 2 aromatic rings. The molecule has 1 atom stereocenters. The van der Waals surface area contributed by atoms with Crippen LogP contribution in [0, 0.1) is 0 Å². The summed E-state index contributed by atoms with van der Waals surface area (Å²) < 4.78 is 22.7. The largest absolute Gasteiger partial charge is 0.387 e. The average molecular weight is 311 g/mol. The van der Waals surface area contributed by atoms with E-state index in [1.165, 1.54) is 23.3 Å². The van der Waals surface area contributed by atoms with Gasteiger partial charge in [0.1, 0.15) is 0 Å². The van der Waals surface area contributed by atoms with Crippen molar-refractivity contribution in [3.8, 4) is 0 Å². The van der Waals surface area contributed by atoms with Crippen LogP contribution in [-0.4, -0.2) is 26.3 Å². The first-order valence-corrected chi connectivity index (χ1v) is 8.95. The molecule has 20 heavy (non-hydrogen) atoms. The lowest BCUT2D eigenvalue weighted by Gasteiger charge is -2.12. The van der Waals surface area contributed by atoms with Crippen LogP contribution in [0.3, 0.4) is 0 Å². The Labute approximate surface area is 123 Å². The number of sulfone groups is 1. The summed E-state index contributed by atoms with van der Waals surface area (Å²) in [5.74, 6) is 0. The average Bonchev–Trinajstić information content (AvgIpc) is 2.91. The maximum Gasteiger partial charge on any atom is 0.175 e. The van der Waals surface area contributed by atoms with E-state index in [0.29, 0.717) is 12.1 Å². The maximum absolute atomic E-state index is 11.3. The Balaban J connectivity index is 1.90. The smallest absolute Gasteiger partial charge is 0.175 e. The van der Waals surface area contributed by atoms with Crippen LogP contribution < -0.4 is 5.32 Å². The number of hydrogen-bond donors (Lipinski definition) is 2. The molecule has 108 valence electrons. The second-order valence-electron chi connectivity index (χ2n) is 4.57. The predicted molar refractivity (Wildman–Crippen MR) is 80.5 cm³/mol. The van der Waals surface area contributed by atoms with Gasteiger partial charge in [0.25, 0.3) is 0 Å². The first-order chi connectivity index (χ1) is 9.47. The molecule has 0 radical (unpaired) electrons. The third-order valence-electron chi connectivity index (χ3n) is 2.91. The highest BCUT2D eigenvalue weighted by molar-refractivity contribution is 7.90. The Bertz CT molecular complexity index is 634. The second kappa shape index (κ2) is 6.49. The van der Waals surface area contributed by atoms with Crippen LogP contribution in [0.4, 0.5) is 0 Å². The molecule has 0 amide bonds. The van der Waals surface area contributed by atoms with Gasteiger partial charge in [0.2, 0.25) is 0 Å². The minimum absolute atomic E-state index is 0.264. The fraction of sp³-hybridized carbons (Fsp3) is 0.286. The van der Waals surface area contributed by atoms with E-state index in [0.717, 1.165) is 6.54 Å². The molecule has 0 bridgehead atoms. The van der Waals surface area contributed by atoms with Crippen molar-refractivity contribution in [3.05, 3.63) is 52.2 Å². The molecule has 0 aliphatic rings. The van der Waals surface area contributed by atoms with E-state index in [4.69, 9.17) is 0 Å². The van der Waals surface area contributed by atoms with Gasteiger partial charge in [-0.1, -0.05) is 18.2 Å². The molecule has 0 fully saturated rings. The molecule has 0 saturated heterocycles. The summed E-state index contributed by atoms with van der Waals surface area (Å²) in [6.45, 7) is 1.15. The third-order valence-corrected chi connectivity index (χ3v) is 4.91. The summed E-state index contributed by atoms with van der Waals surface area (Å²) in [4.78, 5) is 1.48. The van der Waals surface area contributed by atoms with Gasteiger partial charge in [-0.3, -0.25) is 0 Å². The molecule has 0 saturated carbocycles. The molecule has 0 aliphatic carbocycles. The standard InChI is InChI=1S/C14H17NO3S2/c1-20(17,18)13-6-4-11(5-7-13)14(16)10-15-9-12-3-2-8-19-12/h2-8,14-16H,9-10H2,1H3. The molecule has 1 aromatic heterocycles. The molecule has 4 nitrogen and oxygen atoms in total. The summed E-state index contributed by atoms with van der Waals surface area (Å²) in [6.07, 6.45) is 0.518. The van der Waals surface area contributed by atoms with Crippen LogP contribution in [0.1, 0.15) is 16.5 Å². The van der Waals surface area contributed by atoms with Crippen molar-refractivity contribution in [2.45, 2.75) is 17.5 Å². The highest BCUT2D eigenvalue weighted by atomic mass is 32.2. The molecule has 0 spiro atoms. The Kier molecular flexibility index (Phi) is 4.93. The van der Waals surface area contributed by atoms with E-state index in [9.17, 15) is 13.5 Å². The van der Waals surface area contributed by atoms with E-state index in [1.54, 1.807) is 23.5 Å².